The molecule has 0 aromatic carbocycles. The van der Waals surface area contributed by atoms with Gasteiger partial charge < -0.3 is 5.32 Å². The second-order valence-electron chi connectivity index (χ2n) is 6.75. The third kappa shape index (κ3) is 3.89. The lowest BCUT2D eigenvalue weighted by molar-refractivity contribution is 0.0397. The van der Waals surface area contributed by atoms with E-state index in [2.05, 4.69) is 49.7 Å². The van der Waals surface area contributed by atoms with E-state index in [9.17, 15) is 0 Å². The zero-order valence-corrected chi connectivity index (χ0v) is 14.0. The number of rotatable bonds is 4. The van der Waals surface area contributed by atoms with Crippen LogP contribution < -0.4 is 5.32 Å². The molecule has 3 atom stereocenters. The summed E-state index contributed by atoms with van der Waals surface area (Å²) in [6.45, 7) is 12.0. The normalized spacial score (nSPS) is 32.7. The van der Waals surface area contributed by atoms with Crippen molar-refractivity contribution in [3.63, 3.8) is 0 Å². The summed E-state index contributed by atoms with van der Waals surface area (Å²) in [7, 11) is 0. The Morgan fingerprint density at radius 3 is 2.47 bits per heavy atom. The summed E-state index contributed by atoms with van der Waals surface area (Å²) in [5.74, 6) is 4.30. The molecule has 0 spiro atoms. The number of piperazine rings is 1. The van der Waals surface area contributed by atoms with E-state index in [1.165, 1.54) is 43.9 Å². The molecule has 0 aromatic rings. The minimum atomic E-state index is 0.703. The predicted molar refractivity (Wildman–Crippen MR) is 86.9 cm³/mol. The van der Waals surface area contributed by atoms with Crippen molar-refractivity contribution in [2.24, 2.45) is 11.8 Å². The van der Waals surface area contributed by atoms with Crippen LogP contribution in [0.15, 0.2) is 0 Å². The van der Waals surface area contributed by atoms with Crippen molar-refractivity contribution in [1.29, 1.82) is 0 Å². The summed E-state index contributed by atoms with van der Waals surface area (Å²) >= 11 is 2.14. The predicted octanol–water partition coefficient (Wildman–Crippen LogP) is 3.23. The number of hydrogen-bond acceptors (Lipinski definition) is 3. The smallest absolute Gasteiger partial charge is 0.0247 e. The van der Waals surface area contributed by atoms with Gasteiger partial charge in [0.2, 0.25) is 0 Å². The van der Waals surface area contributed by atoms with Gasteiger partial charge in [-0.05, 0) is 36.2 Å². The quantitative estimate of drug-likeness (QED) is 0.853. The van der Waals surface area contributed by atoms with E-state index in [1.807, 2.05) is 0 Å². The van der Waals surface area contributed by atoms with E-state index in [1.54, 1.807) is 0 Å². The minimum Gasteiger partial charge on any atom is -0.311 e. The molecule has 0 bridgehead atoms. The molecule has 2 aliphatic heterocycles. The fraction of sp³-hybridized carbons (Fsp3) is 1.00. The van der Waals surface area contributed by atoms with Crippen molar-refractivity contribution < 1.29 is 0 Å². The van der Waals surface area contributed by atoms with Crippen LogP contribution in [0.3, 0.4) is 0 Å². The Morgan fingerprint density at radius 1 is 1.21 bits per heavy atom. The number of nitrogens with zero attached hydrogens (tertiary/aromatic N) is 1. The highest BCUT2D eigenvalue weighted by Crippen LogP contribution is 2.28. The van der Waals surface area contributed by atoms with Crippen LogP contribution in [-0.2, 0) is 0 Å². The Balaban J connectivity index is 2.03. The van der Waals surface area contributed by atoms with E-state index in [0.717, 1.165) is 23.9 Å². The highest BCUT2D eigenvalue weighted by atomic mass is 32.2. The first-order chi connectivity index (χ1) is 9.13. The zero-order valence-electron chi connectivity index (χ0n) is 13.2. The summed E-state index contributed by atoms with van der Waals surface area (Å²) in [6, 6.07) is 2.30. The first-order valence-corrected chi connectivity index (χ1v) is 9.35. The van der Waals surface area contributed by atoms with Crippen LogP contribution in [-0.4, -0.2) is 47.6 Å². The van der Waals surface area contributed by atoms with Gasteiger partial charge in [-0.15, -0.1) is 0 Å². The Labute approximate surface area is 124 Å². The maximum Gasteiger partial charge on any atom is 0.0247 e. The fourth-order valence-corrected chi connectivity index (χ4v) is 4.62. The van der Waals surface area contributed by atoms with Gasteiger partial charge in [-0.25, -0.2) is 0 Å². The highest BCUT2D eigenvalue weighted by molar-refractivity contribution is 7.99. The van der Waals surface area contributed by atoms with Crippen LogP contribution in [0.25, 0.3) is 0 Å². The molecule has 2 nitrogen and oxygen atoms in total. The van der Waals surface area contributed by atoms with Gasteiger partial charge in [0, 0.05) is 31.2 Å². The molecule has 112 valence electrons. The maximum atomic E-state index is 3.82. The van der Waals surface area contributed by atoms with E-state index in [0.29, 0.717) is 6.04 Å². The van der Waals surface area contributed by atoms with Crippen LogP contribution in [0.1, 0.15) is 47.0 Å². The van der Waals surface area contributed by atoms with Gasteiger partial charge in [0.05, 0.1) is 0 Å². The third-order valence-corrected chi connectivity index (χ3v) is 6.23. The van der Waals surface area contributed by atoms with Crippen LogP contribution in [0.2, 0.25) is 0 Å². The Bertz CT molecular complexity index is 263. The molecule has 2 fully saturated rings. The maximum absolute atomic E-state index is 3.82. The van der Waals surface area contributed by atoms with Crippen LogP contribution in [0.4, 0.5) is 0 Å². The zero-order chi connectivity index (χ0) is 13.8. The Kier molecular flexibility index (Phi) is 6.04. The summed E-state index contributed by atoms with van der Waals surface area (Å²) in [5, 5.41) is 3.82. The summed E-state index contributed by atoms with van der Waals surface area (Å²) in [5.41, 5.74) is 0. The van der Waals surface area contributed by atoms with Gasteiger partial charge in [-0.3, -0.25) is 4.90 Å². The van der Waals surface area contributed by atoms with Crippen LogP contribution >= 0.6 is 11.8 Å². The lowest BCUT2D eigenvalue weighted by Gasteiger charge is -2.48. The molecule has 2 heterocycles. The van der Waals surface area contributed by atoms with E-state index < -0.39 is 0 Å². The first kappa shape index (κ1) is 15.7. The van der Waals surface area contributed by atoms with Crippen LogP contribution in [0, 0.1) is 11.8 Å². The van der Waals surface area contributed by atoms with E-state index in [4.69, 9.17) is 0 Å². The molecule has 0 aliphatic carbocycles. The molecule has 19 heavy (non-hydrogen) atoms. The average Bonchev–Trinajstić information content (AvgIpc) is 2.46. The second kappa shape index (κ2) is 7.33. The van der Waals surface area contributed by atoms with Crippen LogP contribution in [0.5, 0.6) is 0 Å². The molecule has 0 saturated carbocycles. The molecule has 0 amide bonds. The molecule has 0 aromatic heterocycles. The molecule has 3 unspecified atom stereocenters. The van der Waals surface area contributed by atoms with Crippen molar-refractivity contribution in [2.45, 2.75) is 65.1 Å². The fourth-order valence-electron chi connectivity index (χ4n) is 3.54. The van der Waals surface area contributed by atoms with Gasteiger partial charge in [0.25, 0.3) is 0 Å². The minimum absolute atomic E-state index is 0.703. The number of thioether (sulfide) groups is 1. The SMILES string of the molecule is CCC(C)C1CN(C2CCSCC2)C(C(C)C)CN1. The van der Waals surface area contributed by atoms with Crippen molar-refractivity contribution in [3.05, 3.63) is 0 Å². The number of hydrogen-bond donors (Lipinski definition) is 1. The van der Waals surface area contributed by atoms with Gasteiger partial charge in [-0.1, -0.05) is 34.1 Å². The largest absolute Gasteiger partial charge is 0.311 e. The highest BCUT2D eigenvalue weighted by Gasteiger charge is 2.35. The first-order valence-electron chi connectivity index (χ1n) is 8.20. The second-order valence-corrected chi connectivity index (χ2v) is 7.98. The topological polar surface area (TPSA) is 15.3 Å². The molecule has 2 aliphatic rings. The Morgan fingerprint density at radius 2 is 1.89 bits per heavy atom. The van der Waals surface area contributed by atoms with E-state index >= 15 is 0 Å². The number of nitrogens with one attached hydrogen (secondary N) is 1. The average molecular weight is 285 g/mol. The van der Waals surface area contributed by atoms with Gasteiger partial charge in [-0.2, -0.15) is 11.8 Å². The molecule has 3 heteroatoms. The molecular formula is C16H32N2S. The summed E-state index contributed by atoms with van der Waals surface area (Å²) in [4.78, 5) is 2.87. The molecule has 2 rings (SSSR count). The molecule has 2 saturated heterocycles. The molecular weight excluding hydrogens is 252 g/mol. The summed E-state index contributed by atoms with van der Waals surface area (Å²) in [6.07, 6.45) is 4.10. The van der Waals surface area contributed by atoms with Gasteiger partial charge in [0.15, 0.2) is 0 Å². The standard InChI is InChI=1S/C16H32N2S/c1-5-13(4)15-11-18(14-6-8-19-9-7-14)16(10-17-15)12(2)3/h12-17H,5-11H2,1-4H3. The molecule has 1 N–H and O–H groups in total. The lowest BCUT2D eigenvalue weighted by atomic mass is 9.90. The van der Waals surface area contributed by atoms with Crippen molar-refractivity contribution in [1.82, 2.24) is 10.2 Å². The summed E-state index contributed by atoms with van der Waals surface area (Å²) < 4.78 is 0. The third-order valence-electron chi connectivity index (χ3n) is 5.18. The van der Waals surface area contributed by atoms with Gasteiger partial charge >= 0.3 is 0 Å². The Hall–Kier alpha value is 0.270. The van der Waals surface area contributed by atoms with Crippen molar-refractivity contribution >= 4 is 11.8 Å². The lowest BCUT2D eigenvalue weighted by Crippen LogP contribution is -2.62. The van der Waals surface area contributed by atoms with Crippen molar-refractivity contribution in [2.75, 3.05) is 24.6 Å². The van der Waals surface area contributed by atoms with E-state index in [-0.39, 0.29) is 0 Å². The monoisotopic (exact) mass is 284 g/mol. The molecule has 0 radical (unpaired) electrons. The van der Waals surface area contributed by atoms with Gasteiger partial charge in [0.1, 0.15) is 0 Å². The van der Waals surface area contributed by atoms with Crippen molar-refractivity contribution in [3.8, 4) is 0 Å².